The Morgan fingerprint density at radius 3 is 2.54 bits per heavy atom. The minimum absolute atomic E-state index is 0.519. The molecule has 0 amide bonds. The fraction of sp³-hybridized carbons (Fsp3) is 0.300. The Hall–Kier alpha value is -1.20. The largest absolute Gasteiger partial charge is 0.471 e. The average molecular weight is 196 g/mol. The average Bonchev–Trinajstić information content (AvgIpc) is 2.09. The van der Waals surface area contributed by atoms with E-state index >= 15 is 0 Å². The lowest BCUT2D eigenvalue weighted by Gasteiger charge is -2.18. The zero-order valence-corrected chi connectivity index (χ0v) is 8.30. The van der Waals surface area contributed by atoms with E-state index in [0.29, 0.717) is 10.8 Å². The van der Waals surface area contributed by atoms with Gasteiger partial charge in [0.15, 0.2) is 5.60 Å². The van der Waals surface area contributed by atoms with Gasteiger partial charge in [-0.25, -0.2) is 0 Å². The van der Waals surface area contributed by atoms with E-state index in [1.807, 2.05) is 18.2 Å². The fourth-order valence-electron chi connectivity index (χ4n) is 0.825. The molecule has 13 heavy (non-hydrogen) atoms. The molecule has 1 aromatic rings. The Bertz CT molecular complexity index is 341. The Kier molecular flexibility index (Phi) is 2.79. The number of hydrogen-bond acceptors (Lipinski definition) is 2. The second kappa shape index (κ2) is 3.68. The summed E-state index contributed by atoms with van der Waals surface area (Å²) in [6, 6.07) is 9.13. The maximum atomic E-state index is 8.73. The highest BCUT2D eigenvalue weighted by molar-refractivity contribution is 6.32. The minimum Gasteiger partial charge on any atom is -0.471 e. The van der Waals surface area contributed by atoms with E-state index in [1.54, 1.807) is 26.0 Å². The van der Waals surface area contributed by atoms with Crippen LogP contribution in [0.1, 0.15) is 13.8 Å². The molecule has 1 aromatic carbocycles. The lowest BCUT2D eigenvalue weighted by Crippen LogP contribution is -2.25. The van der Waals surface area contributed by atoms with Crippen LogP contribution >= 0.6 is 11.6 Å². The van der Waals surface area contributed by atoms with E-state index in [2.05, 4.69) is 0 Å². The van der Waals surface area contributed by atoms with Crippen LogP contribution in [0.25, 0.3) is 0 Å². The van der Waals surface area contributed by atoms with Crippen molar-refractivity contribution in [3.05, 3.63) is 29.3 Å². The number of benzene rings is 1. The van der Waals surface area contributed by atoms with Gasteiger partial charge in [0.2, 0.25) is 0 Å². The molecule has 0 aliphatic carbocycles. The topological polar surface area (TPSA) is 33.0 Å². The van der Waals surface area contributed by atoms with Gasteiger partial charge in [0.05, 0.1) is 5.02 Å². The van der Waals surface area contributed by atoms with Crippen molar-refractivity contribution in [1.82, 2.24) is 0 Å². The molecular formula is C10H10ClNO. The van der Waals surface area contributed by atoms with E-state index in [-0.39, 0.29) is 0 Å². The number of halogens is 1. The van der Waals surface area contributed by atoms with Crippen molar-refractivity contribution in [3.63, 3.8) is 0 Å². The summed E-state index contributed by atoms with van der Waals surface area (Å²) < 4.78 is 5.39. The van der Waals surface area contributed by atoms with Gasteiger partial charge >= 0.3 is 0 Å². The Morgan fingerprint density at radius 1 is 1.38 bits per heavy atom. The van der Waals surface area contributed by atoms with Crippen molar-refractivity contribution in [3.8, 4) is 11.8 Å². The highest BCUT2D eigenvalue weighted by atomic mass is 35.5. The molecule has 0 saturated heterocycles. The summed E-state index contributed by atoms with van der Waals surface area (Å²) in [6.07, 6.45) is 0. The molecule has 2 nitrogen and oxygen atoms in total. The molecule has 3 heteroatoms. The molecule has 0 spiro atoms. The highest BCUT2D eigenvalue weighted by Gasteiger charge is 2.19. The minimum atomic E-state index is -0.842. The van der Waals surface area contributed by atoms with Gasteiger partial charge in [-0.2, -0.15) is 5.26 Å². The summed E-state index contributed by atoms with van der Waals surface area (Å²) in [5, 5.41) is 9.25. The van der Waals surface area contributed by atoms with E-state index in [1.165, 1.54) is 0 Å². The molecule has 0 aromatic heterocycles. The van der Waals surface area contributed by atoms with Gasteiger partial charge in [-0.15, -0.1) is 0 Å². The first-order valence-corrected chi connectivity index (χ1v) is 4.28. The molecule has 0 aliphatic heterocycles. The number of ether oxygens (including phenoxy) is 1. The predicted octanol–water partition coefficient (Wildman–Crippen LogP) is 3.02. The summed E-state index contributed by atoms with van der Waals surface area (Å²) >= 11 is 5.85. The van der Waals surface area contributed by atoms with Crippen molar-refractivity contribution in [2.75, 3.05) is 0 Å². The van der Waals surface area contributed by atoms with Gasteiger partial charge in [0.25, 0.3) is 0 Å². The Morgan fingerprint density at radius 2 is 2.00 bits per heavy atom. The number of nitrogens with zero attached hydrogens (tertiary/aromatic N) is 1. The smallest absolute Gasteiger partial charge is 0.188 e. The van der Waals surface area contributed by atoms with Crippen LogP contribution in [0.4, 0.5) is 0 Å². The van der Waals surface area contributed by atoms with Crippen LogP contribution in [0.15, 0.2) is 24.3 Å². The molecule has 0 heterocycles. The zero-order chi connectivity index (χ0) is 9.90. The summed E-state index contributed by atoms with van der Waals surface area (Å²) in [5.41, 5.74) is -0.842. The molecule has 68 valence electrons. The van der Waals surface area contributed by atoms with E-state index < -0.39 is 5.60 Å². The molecule has 0 radical (unpaired) electrons. The molecule has 0 bridgehead atoms. The molecule has 0 fully saturated rings. The third kappa shape index (κ3) is 2.64. The summed E-state index contributed by atoms with van der Waals surface area (Å²) in [4.78, 5) is 0. The molecule has 0 saturated carbocycles. The highest BCUT2D eigenvalue weighted by Crippen LogP contribution is 2.26. The quantitative estimate of drug-likeness (QED) is 0.727. The first-order valence-electron chi connectivity index (χ1n) is 3.90. The van der Waals surface area contributed by atoms with E-state index in [9.17, 15) is 0 Å². The van der Waals surface area contributed by atoms with Crippen LogP contribution in [-0.4, -0.2) is 5.60 Å². The number of para-hydroxylation sites is 1. The van der Waals surface area contributed by atoms with Gasteiger partial charge in [-0.3, -0.25) is 0 Å². The standard InChI is InChI=1S/C10H10ClNO/c1-10(2,7-12)13-9-6-4-3-5-8(9)11/h3-6H,1-2H3. The number of hydrogen-bond donors (Lipinski definition) is 0. The van der Waals surface area contributed by atoms with E-state index in [4.69, 9.17) is 21.6 Å². The van der Waals surface area contributed by atoms with Gasteiger partial charge in [0.1, 0.15) is 11.8 Å². The summed E-state index contributed by atoms with van der Waals surface area (Å²) in [7, 11) is 0. The van der Waals surface area contributed by atoms with Crippen molar-refractivity contribution >= 4 is 11.6 Å². The number of nitriles is 1. The third-order valence-corrected chi connectivity index (χ3v) is 1.78. The lowest BCUT2D eigenvalue weighted by molar-refractivity contribution is 0.170. The lowest BCUT2D eigenvalue weighted by atomic mass is 10.2. The van der Waals surface area contributed by atoms with Gasteiger partial charge in [0, 0.05) is 0 Å². The van der Waals surface area contributed by atoms with Crippen LogP contribution in [0.5, 0.6) is 5.75 Å². The molecular weight excluding hydrogens is 186 g/mol. The van der Waals surface area contributed by atoms with E-state index in [0.717, 1.165) is 0 Å². The van der Waals surface area contributed by atoms with Crippen LogP contribution in [0.3, 0.4) is 0 Å². The molecule has 0 atom stereocenters. The van der Waals surface area contributed by atoms with Crippen molar-refractivity contribution in [2.24, 2.45) is 0 Å². The number of rotatable bonds is 2. The predicted molar refractivity (Wildman–Crippen MR) is 51.8 cm³/mol. The first-order chi connectivity index (χ1) is 6.05. The van der Waals surface area contributed by atoms with Crippen LogP contribution in [-0.2, 0) is 0 Å². The van der Waals surface area contributed by atoms with Crippen molar-refractivity contribution < 1.29 is 4.74 Å². The molecule has 0 unspecified atom stereocenters. The first kappa shape index (κ1) is 9.88. The maximum absolute atomic E-state index is 8.73. The molecule has 0 N–H and O–H groups in total. The third-order valence-electron chi connectivity index (χ3n) is 1.47. The summed E-state index contributed by atoms with van der Waals surface area (Å²) in [5.74, 6) is 0.538. The van der Waals surface area contributed by atoms with Crippen molar-refractivity contribution in [1.29, 1.82) is 5.26 Å². The zero-order valence-electron chi connectivity index (χ0n) is 7.54. The fourth-order valence-corrected chi connectivity index (χ4v) is 1.000. The Labute approximate surface area is 82.7 Å². The molecule has 0 aliphatic rings. The second-order valence-electron chi connectivity index (χ2n) is 3.15. The van der Waals surface area contributed by atoms with Crippen molar-refractivity contribution in [2.45, 2.75) is 19.4 Å². The van der Waals surface area contributed by atoms with Crippen LogP contribution in [0, 0.1) is 11.3 Å². The van der Waals surface area contributed by atoms with Gasteiger partial charge in [-0.1, -0.05) is 23.7 Å². The van der Waals surface area contributed by atoms with Crippen LogP contribution < -0.4 is 4.74 Å². The monoisotopic (exact) mass is 195 g/mol. The van der Waals surface area contributed by atoms with Crippen LogP contribution in [0.2, 0.25) is 5.02 Å². The maximum Gasteiger partial charge on any atom is 0.188 e. The second-order valence-corrected chi connectivity index (χ2v) is 3.56. The SMILES string of the molecule is CC(C)(C#N)Oc1ccccc1Cl. The van der Waals surface area contributed by atoms with Gasteiger partial charge < -0.3 is 4.74 Å². The Balaban J connectivity index is 2.88. The summed E-state index contributed by atoms with van der Waals surface area (Å²) in [6.45, 7) is 3.38. The van der Waals surface area contributed by atoms with Gasteiger partial charge in [-0.05, 0) is 26.0 Å². The molecule has 1 rings (SSSR count). The normalized spacial score (nSPS) is 10.6.